The summed E-state index contributed by atoms with van der Waals surface area (Å²) in [5.41, 5.74) is 1.94. The van der Waals surface area contributed by atoms with Gasteiger partial charge in [0.1, 0.15) is 6.10 Å². The number of benzene rings is 2. The van der Waals surface area contributed by atoms with Gasteiger partial charge in [-0.2, -0.15) is 0 Å². The third kappa shape index (κ3) is 4.45. The first-order valence-corrected chi connectivity index (χ1v) is 9.63. The Labute approximate surface area is 161 Å². The number of thioether (sulfide) groups is 1. The molecule has 0 unspecified atom stereocenters. The third-order valence-electron chi connectivity index (χ3n) is 3.58. The van der Waals surface area contributed by atoms with E-state index in [0.29, 0.717) is 5.75 Å². The van der Waals surface area contributed by atoms with Crippen LogP contribution in [0, 0.1) is 0 Å². The van der Waals surface area contributed by atoms with Crippen LogP contribution in [0.1, 0.15) is 6.92 Å². The van der Waals surface area contributed by atoms with Crippen LogP contribution in [-0.4, -0.2) is 38.5 Å². The number of alkyl halides is 1. The molecule has 0 spiro atoms. The molecule has 1 atom stereocenters. The average Bonchev–Trinajstić information content (AvgIpc) is 3.10. The summed E-state index contributed by atoms with van der Waals surface area (Å²) in [5.74, 6) is 1.15. The lowest BCUT2D eigenvalue weighted by Crippen LogP contribution is -2.21. The number of para-hydroxylation sites is 1. The molecule has 0 amide bonds. The number of rotatable bonds is 7. The summed E-state index contributed by atoms with van der Waals surface area (Å²) >= 11 is 7.36. The van der Waals surface area contributed by atoms with Gasteiger partial charge in [0.25, 0.3) is 0 Å². The van der Waals surface area contributed by atoms with E-state index in [2.05, 4.69) is 10.2 Å². The molecule has 0 bridgehead atoms. The Balaban J connectivity index is 1.93. The molecule has 0 radical (unpaired) electrons. The molecule has 0 aliphatic carbocycles. The van der Waals surface area contributed by atoms with Gasteiger partial charge in [-0.3, -0.25) is 9.36 Å². The highest BCUT2D eigenvalue weighted by Crippen LogP contribution is 2.28. The quantitative estimate of drug-likeness (QED) is 0.345. The fourth-order valence-corrected chi connectivity index (χ4v) is 3.70. The maximum atomic E-state index is 11.2. The van der Waals surface area contributed by atoms with Crippen LogP contribution in [0.2, 0.25) is 0 Å². The Morgan fingerprint density at radius 3 is 2.38 bits per heavy atom. The number of carbonyl (C=O) groups excluding carboxylic acids is 1. The zero-order chi connectivity index (χ0) is 18.4. The molecule has 0 aliphatic heterocycles. The van der Waals surface area contributed by atoms with E-state index in [1.165, 1.54) is 18.7 Å². The van der Waals surface area contributed by atoms with Crippen LogP contribution in [0.5, 0.6) is 0 Å². The van der Waals surface area contributed by atoms with Crippen LogP contribution in [0.15, 0.2) is 65.8 Å². The van der Waals surface area contributed by atoms with Gasteiger partial charge in [0, 0.05) is 23.9 Å². The molecule has 7 heteroatoms. The van der Waals surface area contributed by atoms with Gasteiger partial charge in [-0.25, -0.2) is 0 Å². The van der Waals surface area contributed by atoms with Crippen molar-refractivity contribution in [3.8, 4) is 17.1 Å². The van der Waals surface area contributed by atoms with E-state index in [4.69, 9.17) is 16.3 Å². The molecule has 0 fully saturated rings. The van der Waals surface area contributed by atoms with Crippen molar-refractivity contribution in [3.63, 3.8) is 0 Å². The average molecular weight is 388 g/mol. The number of esters is 1. The summed E-state index contributed by atoms with van der Waals surface area (Å²) in [6.07, 6.45) is -0.375. The SMILES string of the molecule is CC(=O)O[C@@H](CCl)CSc1nnc(-c2ccccc2)n1-c1ccccc1. The second-order valence-corrected chi connectivity index (χ2v) is 6.84. The van der Waals surface area contributed by atoms with Crippen molar-refractivity contribution in [2.24, 2.45) is 0 Å². The van der Waals surface area contributed by atoms with Gasteiger partial charge >= 0.3 is 5.97 Å². The Morgan fingerprint density at radius 2 is 1.77 bits per heavy atom. The minimum Gasteiger partial charge on any atom is -0.460 e. The summed E-state index contributed by atoms with van der Waals surface area (Å²) < 4.78 is 7.21. The molecule has 5 nitrogen and oxygen atoms in total. The number of nitrogens with zero attached hydrogens (tertiary/aromatic N) is 3. The number of hydrogen-bond acceptors (Lipinski definition) is 5. The first-order chi connectivity index (χ1) is 12.7. The highest BCUT2D eigenvalue weighted by Gasteiger charge is 2.18. The van der Waals surface area contributed by atoms with Crippen molar-refractivity contribution >= 4 is 29.3 Å². The lowest BCUT2D eigenvalue weighted by atomic mass is 10.2. The molecule has 0 saturated heterocycles. The summed E-state index contributed by atoms with van der Waals surface area (Å²) in [4.78, 5) is 11.2. The van der Waals surface area contributed by atoms with Gasteiger partial charge in [0.05, 0.1) is 5.88 Å². The van der Waals surface area contributed by atoms with Gasteiger partial charge in [-0.1, -0.05) is 60.3 Å². The van der Waals surface area contributed by atoms with Crippen LogP contribution in [0.25, 0.3) is 17.1 Å². The molecule has 3 aromatic rings. The van der Waals surface area contributed by atoms with Crippen molar-refractivity contribution in [1.29, 1.82) is 0 Å². The van der Waals surface area contributed by atoms with Gasteiger partial charge < -0.3 is 4.74 Å². The molecule has 1 aromatic heterocycles. The summed E-state index contributed by atoms with van der Waals surface area (Å²) in [7, 11) is 0. The van der Waals surface area contributed by atoms with Crippen molar-refractivity contribution in [3.05, 3.63) is 60.7 Å². The highest BCUT2D eigenvalue weighted by atomic mass is 35.5. The van der Waals surface area contributed by atoms with E-state index in [1.807, 2.05) is 65.2 Å². The zero-order valence-corrected chi connectivity index (χ0v) is 15.8. The lowest BCUT2D eigenvalue weighted by Gasteiger charge is -2.14. The molecule has 0 aliphatic rings. The fraction of sp³-hybridized carbons (Fsp3) is 0.211. The molecule has 0 N–H and O–H groups in total. The van der Waals surface area contributed by atoms with Crippen molar-refractivity contribution < 1.29 is 9.53 Å². The first kappa shape index (κ1) is 18.5. The zero-order valence-electron chi connectivity index (χ0n) is 14.2. The number of halogens is 1. The monoisotopic (exact) mass is 387 g/mol. The standard InChI is InChI=1S/C19H18ClN3O2S/c1-14(24)25-17(12-20)13-26-19-22-21-18(15-8-4-2-5-9-15)23(19)16-10-6-3-7-11-16/h2-11,17H,12-13H2,1H3/t17-/m0/s1. The number of carbonyl (C=O) groups is 1. The molecule has 26 heavy (non-hydrogen) atoms. The van der Waals surface area contributed by atoms with Crippen LogP contribution in [0.3, 0.4) is 0 Å². The maximum Gasteiger partial charge on any atom is 0.302 e. The highest BCUT2D eigenvalue weighted by molar-refractivity contribution is 7.99. The van der Waals surface area contributed by atoms with E-state index in [-0.39, 0.29) is 18.0 Å². The van der Waals surface area contributed by atoms with E-state index < -0.39 is 0 Å². The van der Waals surface area contributed by atoms with Crippen LogP contribution in [0.4, 0.5) is 0 Å². The summed E-state index contributed by atoms with van der Waals surface area (Å²) in [5, 5.41) is 9.45. The van der Waals surface area contributed by atoms with Crippen LogP contribution in [-0.2, 0) is 9.53 Å². The third-order valence-corrected chi connectivity index (χ3v) is 4.99. The predicted octanol–water partition coefficient (Wildman–Crippen LogP) is 4.20. The van der Waals surface area contributed by atoms with E-state index in [0.717, 1.165) is 22.2 Å². The van der Waals surface area contributed by atoms with Gasteiger partial charge in [0.15, 0.2) is 11.0 Å². The number of ether oxygens (including phenoxy) is 1. The molecule has 2 aromatic carbocycles. The Bertz CT molecular complexity index is 856. The summed E-state index contributed by atoms with van der Waals surface area (Å²) in [6, 6.07) is 19.8. The first-order valence-electron chi connectivity index (χ1n) is 8.11. The Hall–Kier alpha value is -2.31. The minimum absolute atomic E-state index is 0.234. The van der Waals surface area contributed by atoms with Crippen LogP contribution < -0.4 is 0 Å². The molecule has 3 rings (SSSR count). The second-order valence-electron chi connectivity index (χ2n) is 5.54. The van der Waals surface area contributed by atoms with Gasteiger partial charge in [0.2, 0.25) is 0 Å². The van der Waals surface area contributed by atoms with E-state index in [1.54, 1.807) is 0 Å². The Morgan fingerprint density at radius 1 is 1.12 bits per heavy atom. The van der Waals surface area contributed by atoms with Crippen molar-refractivity contribution in [2.75, 3.05) is 11.6 Å². The van der Waals surface area contributed by atoms with E-state index >= 15 is 0 Å². The molecular weight excluding hydrogens is 370 g/mol. The lowest BCUT2D eigenvalue weighted by molar-refractivity contribution is -0.144. The maximum absolute atomic E-state index is 11.2. The van der Waals surface area contributed by atoms with Crippen LogP contribution >= 0.6 is 23.4 Å². The van der Waals surface area contributed by atoms with Gasteiger partial charge in [-0.15, -0.1) is 21.8 Å². The van der Waals surface area contributed by atoms with Crippen molar-refractivity contribution in [2.45, 2.75) is 18.2 Å². The Kier molecular flexibility index (Phi) is 6.30. The summed E-state index contributed by atoms with van der Waals surface area (Å²) in [6.45, 7) is 1.38. The molecule has 1 heterocycles. The topological polar surface area (TPSA) is 57.0 Å². The fourth-order valence-electron chi connectivity index (χ4n) is 2.46. The largest absolute Gasteiger partial charge is 0.460 e. The number of aromatic nitrogens is 3. The normalized spacial score (nSPS) is 11.9. The predicted molar refractivity (Wildman–Crippen MR) is 104 cm³/mol. The number of hydrogen-bond donors (Lipinski definition) is 0. The van der Waals surface area contributed by atoms with E-state index in [9.17, 15) is 4.79 Å². The smallest absolute Gasteiger partial charge is 0.302 e. The van der Waals surface area contributed by atoms with Gasteiger partial charge in [-0.05, 0) is 12.1 Å². The second kappa shape index (κ2) is 8.87. The molecular formula is C19H18ClN3O2S. The molecule has 0 saturated carbocycles. The van der Waals surface area contributed by atoms with Crippen molar-refractivity contribution in [1.82, 2.24) is 14.8 Å². The molecule has 134 valence electrons. The minimum atomic E-state index is -0.375.